The van der Waals surface area contributed by atoms with Crippen molar-refractivity contribution in [1.82, 2.24) is 4.90 Å². The van der Waals surface area contributed by atoms with Crippen LogP contribution in [0.4, 0.5) is 10.5 Å². The smallest absolute Gasteiger partial charge is 0.321 e. The van der Waals surface area contributed by atoms with Gasteiger partial charge in [0.1, 0.15) is 0 Å². The molecule has 20 heavy (non-hydrogen) atoms. The number of methoxy groups -OCH3 is 1. The van der Waals surface area contributed by atoms with Crippen LogP contribution in [0.2, 0.25) is 10.0 Å². The van der Waals surface area contributed by atoms with Crippen LogP contribution in [-0.4, -0.2) is 49.5 Å². The van der Waals surface area contributed by atoms with Gasteiger partial charge in [0.15, 0.2) is 0 Å². The molecule has 7 heteroatoms. The zero-order chi connectivity index (χ0) is 15.3. The van der Waals surface area contributed by atoms with Crippen LogP contribution in [0.25, 0.3) is 0 Å². The summed E-state index contributed by atoms with van der Waals surface area (Å²) in [5, 5.41) is 13.2. The van der Waals surface area contributed by atoms with E-state index in [4.69, 9.17) is 27.9 Å². The summed E-state index contributed by atoms with van der Waals surface area (Å²) in [5.74, 6) is 0. The number of amides is 2. The molecular weight excluding hydrogens is 303 g/mol. The number of halogens is 2. The average Bonchev–Trinajstić information content (AvgIpc) is 2.35. The van der Waals surface area contributed by atoms with Crippen LogP contribution in [0.5, 0.6) is 0 Å². The Morgan fingerprint density at radius 1 is 1.45 bits per heavy atom. The van der Waals surface area contributed by atoms with E-state index in [2.05, 4.69) is 5.32 Å². The van der Waals surface area contributed by atoms with Crippen molar-refractivity contribution in [3.63, 3.8) is 0 Å². The number of aliphatic hydroxyl groups excluding tert-OH is 1. The largest absolute Gasteiger partial charge is 0.389 e. The zero-order valence-corrected chi connectivity index (χ0v) is 13.1. The second-order valence-corrected chi connectivity index (χ2v) is 5.30. The summed E-state index contributed by atoms with van der Waals surface area (Å²) >= 11 is 12.0. The molecule has 0 saturated carbocycles. The van der Waals surface area contributed by atoms with Gasteiger partial charge >= 0.3 is 6.03 Å². The lowest BCUT2D eigenvalue weighted by molar-refractivity contribution is 0.0501. The Morgan fingerprint density at radius 2 is 2.00 bits per heavy atom. The molecule has 0 fully saturated rings. The highest BCUT2D eigenvalue weighted by Crippen LogP contribution is 2.28. The summed E-state index contributed by atoms with van der Waals surface area (Å²) < 4.78 is 4.80. The topological polar surface area (TPSA) is 61.8 Å². The quantitative estimate of drug-likeness (QED) is 0.877. The molecule has 0 heterocycles. The molecule has 0 aliphatic heterocycles. The Balaban J connectivity index is 2.66. The summed E-state index contributed by atoms with van der Waals surface area (Å²) in [6, 6.07) is 2.89. The van der Waals surface area contributed by atoms with Gasteiger partial charge in [0.2, 0.25) is 0 Å². The van der Waals surface area contributed by atoms with Crippen LogP contribution in [0.1, 0.15) is 5.56 Å². The molecule has 0 saturated heterocycles. The number of aliphatic hydroxyl groups is 1. The molecule has 1 atom stereocenters. The van der Waals surface area contributed by atoms with E-state index in [0.29, 0.717) is 15.7 Å². The second-order valence-electron chi connectivity index (χ2n) is 4.48. The predicted molar refractivity (Wildman–Crippen MR) is 80.7 cm³/mol. The normalized spacial score (nSPS) is 12.1. The number of hydrogen-bond acceptors (Lipinski definition) is 3. The molecule has 1 aromatic carbocycles. The van der Waals surface area contributed by atoms with E-state index in [0.717, 1.165) is 5.56 Å². The lowest BCUT2D eigenvalue weighted by atomic mass is 10.2. The molecule has 2 N–H and O–H groups in total. The summed E-state index contributed by atoms with van der Waals surface area (Å²) in [6.45, 7) is 2.12. The summed E-state index contributed by atoms with van der Waals surface area (Å²) in [5.41, 5.74) is 1.26. The van der Waals surface area contributed by atoms with Crippen LogP contribution in [0.3, 0.4) is 0 Å². The number of nitrogens with one attached hydrogen (secondary N) is 1. The standard InChI is InChI=1S/C13H18Cl2N2O3/c1-8-11(14)4-9(5-12(8)15)16-13(19)17(2)6-10(18)7-20-3/h4-5,10,18H,6-7H2,1-3H3,(H,16,19). The SMILES string of the molecule is COCC(O)CN(C)C(=O)Nc1cc(Cl)c(C)c(Cl)c1. The monoisotopic (exact) mass is 320 g/mol. The van der Waals surface area contributed by atoms with E-state index >= 15 is 0 Å². The highest BCUT2D eigenvalue weighted by molar-refractivity contribution is 6.36. The minimum absolute atomic E-state index is 0.160. The van der Waals surface area contributed by atoms with Gasteiger partial charge in [-0.15, -0.1) is 0 Å². The van der Waals surface area contributed by atoms with Crippen molar-refractivity contribution in [2.45, 2.75) is 13.0 Å². The van der Waals surface area contributed by atoms with Crippen molar-refractivity contribution in [1.29, 1.82) is 0 Å². The second kappa shape index (κ2) is 7.69. The number of carbonyl (C=O) groups excluding carboxylic acids is 1. The van der Waals surface area contributed by atoms with E-state index in [1.165, 1.54) is 12.0 Å². The first-order valence-electron chi connectivity index (χ1n) is 6.00. The van der Waals surface area contributed by atoms with Gasteiger partial charge in [0, 0.05) is 29.9 Å². The molecule has 1 aromatic rings. The third kappa shape index (κ3) is 4.83. The van der Waals surface area contributed by atoms with Gasteiger partial charge in [-0.1, -0.05) is 23.2 Å². The lowest BCUT2D eigenvalue weighted by Crippen LogP contribution is -2.38. The number of likely N-dealkylation sites (N-methyl/N-ethyl adjacent to an activating group) is 1. The number of urea groups is 1. The zero-order valence-electron chi connectivity index (χ0n) is 11.6. The van der Waals surface area contributed by atoms with Gasteiger partial charge in [-0.3, -0.25) is 0 Å². The maximum Gasteiger partial charge on any atom is 0.321 e. The Bertz CT molecular complexity index is 460. The van der Waals surface area contributed by atoms with E-state index < -0.39 is 6.10 Å². The van der Waals surface area contributed by atoms with Crippen LogP contribution < -0.4 is 5.32 Å². The van der Waals surface area contributed by atoms with Crippen molar-refractivity contribution in [3.05, 3.63) is 27.7 Å². The highest BCUT2D eigenvalue weighted by atomic mass is 35.5. The van der Waals surface area contributed by atoms with Gasteiger partial charge < -0.3 is 20.1 Å². The Labute approximate surface area is 128 Å². The van der Waals surface area contributed by atoms with Crippen molar-refractivity contribution >= 4 is 34.9 Å². The first-order chi connectivity index (χ1) is 9.35. The Hall–Kier alpha value is -1.01. The minimum atomic E-state index is -0.735. The molecule has 0 bridgehead atoms. The number of benzene rings is 1. The fraction of sp³-hybridized carbons (Fsp3) is 0.462. The highest BCUT2D eigenvalue weighted by Gasteiger charge is 2.14. The minimum Gasteiger partial charge on any atom is -0.389 e. The van der Waals surface area contributed by atoms with E-state index in [9.17, 15) is 9.90 Å². The Morgan fingerprint density at radius 3 is 2.50 bits per heavy atom. The first-order valence-corrected chi connectivity index (χ1v) is 6.75. The number of hydrogen-bond donors (Lipinski definition) is 2. The van der Waals surface area contributed by atoms with Crippen LogP contribution in [0.15, 0.2) is 12.1 Å². The molecule has 0 radical (unpaired) electrons. The molecule has 0 spiro atoms. The van der Waals surface area contributed by atoms with Gasteiger partial charge in [0.05, 0.1) is 19.3 Å². The van der Waals surface area contributed by atoms with Crippen LogP contribution >= 0.6 is 23.2 Å². The fourth-order valence-electron chi connectivity index (χ4n) is 1.58. The third-order valence-electron chi connectivity index (χ3n) is 2.72. The van der Waals surface area contributed by atoms with E-state index in [-0.39, 0.29) is 19.2 Å². The van der Waals surface area contributed by atoms with Crippen LogP contribution in [0, 0.1) is 6.92 Å². The van der Waals surface area contributed by atoms with Gasteiger partial charge in [-0.25, -0.2) is 4.79 Å². The first kappa shape index (κ1) is 17.0. The molecule has 0 aliphatic rings. The lowest BCUT2D eigenvalue weighted by Gasteiger charge is -2.21. The maximum atomic E-state index is 11.9. The summed E-state index contributed by atoms with van der Waals surface area (Å²) in [4.78, 5) is 13.3. The summed E-state index contributed by atoms with van der Waals surface area (Å²) in [7, 11) is 3.06. The number of nitrogens with zero attached hydrogens (tertiary/aromatic N) is 1. The van der Waals surface area contributed by atoms with Gasteiger partial charge in [0.25, 0.3) is 0 Å². The van der Waals surface area contributed by atoms with Crippen LogP contribution in [-0.2, 0) is 4.74 Å². The number of ether oxygens (including phenoxy) is 1. The molecule has 2 amide bonds. The Kier molecular flexibility index (Phi) is 6.55. The molecule has 5 nitrogen and oxygen atoms in total. The van der Waals surface area contributed by atoms with Gasteiger partial charge in [-0.05, 0) is 24.6 Å². The number of anilines is 1. The average molecular weight is 321 g/mol. The summed E-state index contributed by atoms with van der Waals surface area (Å²) in [6.07, 6.45) is -0.735. The third-order valence-corrected chi connectivity index (χ3v) is 3.51. The van der Waals surface area contributed by atoms with Gasteiger partial charge in [-0.2, -0.15) is 0 Å². The fourth-order valence-corrected chi connectivity index (χ4v) is 2.07. The molecular formula is C13H18Cl2N2O3. The van der Waals surface area contributed by atoms with Crippen molar-refractivity contribution < 1.29 is 14.6 Å². The molecule has 0 aromatic heterocycles. The molecule has 1 rings (SSSR count). The number of carbonyl (C=O) groups is 1. The van der Waals surface area contributed by atoms with Crippen molar-refractivity contribution in [3.8, 4) is 0 Å². The predicted octanol–water partition coefficient (Wildman–Crippen LogP) is 2.77. The maximum absolute atomic E-state index is 11.9. The molecule has 1 unspecified atom stereocenters. The van der Waals surface area contributed by atoms with Crippen molar-refractivity contribution in [2.24, 2.45) is 0 Å². The number of rotatable bonds is 5. The molecule has 112 valence electrons. The molecule has 0 aliphatic carbocycles. The van der Waals surface area contributed by atoms with Crippen molar-refractivity contribution in [2.75, 3.05) is 32.6 Å². The van der Waals surface area contributed by atoms with E-state index in [1.54, 1.807) is 26.1 Å². The van der Waals surface area contributed by atoms with E-state index in [1.807, 2.05) is 0 Å².